The van der Waals surface area contributed by atoms with Gasteiger partial charge < -0.3 is 9.88 Å². The summed E-state index contributed by atoms with van der Waals surface area (Å²) in [6.07, 6.45) is 0. The number of nitrogens with one attached hydrogen (secondary N) is 1. The van der Waals surface area contributed by atoms with E-state index in [-0.39, 0.29) is 0 Å². The SMILES string of the molecule is CNc1nc2ccccc2n1Cc1ccc(C#N)cc1. The molecule has 0 saturated heterocycles. The van der Waals surface area contributed by atoms with E-state index in [1.807, 2.05) is 49.5 Å². The molecule has 0 unspecified atom stereocenters. The molecular weight excluding hydrogens is 248 g/mol. The molecule has 0 aliphatic rings. The molecule has 0 atom stereocenters. The molecule has 0 spiro atoms. The molecule has 0 bridgehead atoms. The van der Waals surface area contributed by atoms with Crippen molar-refractivity contribution >= 4 is 17.0 Å². The highest BCUT2D eigenvalue weighted by Crippen LogP contribution is 2.20. The standard InChI is InChI=1S/C16H14N4/c1-18-16-19-14-4-2-3-5-15(14)20(16)11-13-8-6-12(10-17)7-9-13/h2-9H,11H2,1H3,(H,18,19). The average Bonchev–Trinajstić information content (AvgIpc) is 2.86. The van der Waals surface area contributed by atoms with Crippen molar-refractivity contribution in [3.63, 3.8) is 0 Å². The van der Waals surface area contributed by atoms with Gasteiger partial charge in [-0.1, -0.05) is 24.3 Å². The number of fused-ring (bicyclic) bond motifs is 1. The van der Waals surface area contributed by atoms with Gasteiger partial charge in [0, 0.05) is 7.05 Å². The zero-order valence-electron chi connectivity index (χ0n) is 11.2. The smallest absolute Gasteiger partial charge is 0.203 e. The Balaban J connectivity index is 2.02. The van der Waals surface area contributed by atoms with Crippen molar-refractivity contribution in [3.8, 4) is 6.07 Å². The van der Waals surface area contributed by atoms with E-state index in [2.05, 4.69) is 27.0 Å². The fourth-order valence-electron chi connectivity index (χ4n) is 2.29. The van der Waals surface area contributed by atoms with Crippen LogP contribution in [0.2, 0.25) is 0 Å². The first-order valence-corrected chi connectivity index (χ1v) is 6.44. The molecule has 0 aliphatic heterocycles. The molecule has 3 rings (SSSR count). The van der Waals surface area contributed by atoms with Crippen LogP contribution in [0.4, 0.5) is 5.95 Å². The number of nitrogens with zero attached hydrogens (tertiary/aromatic N) is 3. The number of hydrogen-bond donors (Lipinski definition) is 1. The lowest BCUT2D eigenvalue weighted by Crippen LogP contribution is -2.04. The summed E-state index contributed by atoms with van der Waals surface area (Å²) in [4.78, 5) is 4.56. The van der Waals surface area contributed by atoms with Crippen molar-refractivity contribution < 1.29 is 0 Å². The van der Waals surface area contributed by atoms with Gasteiger partial charge in [0.2, 0.25) is 5.95 Å². The van der Waals surface area contributed by atoms with Crippen LogP contribution in [0, 0.1) is 11.3 Å². The molecule has 0 fully saturated rings. The first-order chi connectivity index (χ1) is 9.81. The van der Waals surface area contributed by atoms with E-state index in [0.29, 0.717) is 5.56 Å². The van der Waals surface area contributed by atoms with Gasteiger partial charge in [-0.05, 0) is 29.8 Å². The van der Waals surface area contributed by atoms with E-state index in [4.69, 9.17) is 5.26 Å². The highest BCUT2D eigenvalue weighted by Gasteiger charge is 2.09. The Bertz CT molecular complexity index is 778. The summed E-state index contributed by atoms with van der Waals surface area (Å²) in [5.41, 5.74) is 3.90. The van der Waals surface area contributed by atoms with Crippen molar-refractivity contribution in [2.45, 2.75) is 6.54 Å². The minimum Gasteiger partial charge on any atom is -0.359 e. The maximum Gasteiger partial charge on any atom is 0.203 e. The molecule has 0 saturated carbocycles. The van der Waals surface area contributed by atoms with E-state index in [1.165, 1.54) is 0 Å². The van der Waals surface area contributed by atoms with E-state index >= 15 is 0 Å². The fourth-order valence-corrected chi connectivity index (χ4v) is 2.29. The second-order valence-corrected chi connectivity index (χ2v) is 4.57. The fraction of sp³-hybridized carbons (Fsp3) is 0.125. The van der Waals surface area contributed by atoms with Crippen LogP contribution in [-0.2, 0) is 6.54 Å². The second kappa shape index (κ2) is 5.06. The molecule has 3 aromatic rings. The van der Waals surface area contributed by atoms with Crippen LogP contribution in [0.5, 0.6) is 0 Å². The lowest BCUT2D eigenvalue weighted by Gasteiger charge is -2.08. The summed E-state index contributed by atoms with van der Waals surface area (Å²) in [6, 6.07) is 17.8. The van der Waals surface area contributed by atoms with Crippen LogP contribution in [0.25, 0.3) is 11.0 Å². The Hall–Kier alpha value is -2.80. The molecule has 0 aliphatic carbocycles. The molecule has 20 heavy (non-hydrogen) atoms. The van der Waals surface area contributed by atoms with Crippen molar-refractivity contribution in [2.75, 3.05) is 12.4 Å². The zero-order chi connectivity index (χ0) is 13.9. The van der Waals surface area contributed by atoms with E-state index in [0.717, 1.165) is 29.1 Å². The Kier molecular flexibility index (Phi) is 3.10. The van der Waals surface area contributed by atoms with Gasteiger partial charge >= 0.3 is 0 Å². The Morgan fingerprint density at radius 3 is 2.60 bits per heavy atom. The molecule has 98 valence electrons. The van der Waals surface area contributed by atoms with Crippen LogP contribution in [-0.4, -0.2) is 16.6 Å². The molecule has 0 amide bonds. The van der Waals surface area contributed by atoms with E-state index in [9.17, 15) is 0 Å². The Morgan fingerprint density at radius 2 is 1.90 bits per heavy atom. The van der Waals surface area contributed by atoms with Gasteiger partial charge in [0.25, 0.3) is 0 Å². The predicted molar refractivity (Wildman–Crippen MR) is 79.5 cm³/mol. The molecule has 2 aromatic carbocycles. The number of aromatic nitrogens is 2. The Labute approximate surface area is 117 Å². The van der Waals surface area contributed by atoms with Gasteiger partial charge in [0.1, 0.15) is 0 Å². The first kappa shape index (κ1) is 12.2. The zero-order valence-corrected chi connectivity index (χ0v) is 11.2. The molecule has 1 aromatic heterocycles. The highest BCUT2D eigenvalue weighted by atomic mass is 15.2. The number of benzene rings is 2. The van der Waals surface area contributed by atoms with Crippen molar-refractivity contribution in [1.82, 2.24) is 9.55 Å². The molecule has 1 heterocycles. The molecule has 0 radical (unpaired) electrons. The third kappa shape index (κ3) is 2.10. The third-order valence-corrected chi connectivity index (χ3v) is 3.30. The van der Waals surface area contributed by atoms with Gasteiger partial charge in [-0.2, -0.15) is 5.26 Å². The summed E-state index contributed by atoms with van der Waals surface area (Å²) in [6.45, 7) is 0.725. The summed E-state index contributed by atoms with van der Waals surface area (Å²) in [5, 5.41) is 12.0. The topological polar surface area (TPSA) is 53.6 Å². The summed E-state index contributed by atoms with van der Waals surface area (Å²) in [5.74, 6) is 0.843. The number of rotatable bonds is 3. The molecule has 1 N–H and O–H groups in total. The highest BCUT2D eigenvalue weighted by molar-refractivity contribution is 5.78. The number of nitriles is 1. The predicted octanol–water partition coefficient (Wildman–Crippen LogP) is 3.00. The Morgan fingerprint density at radius 1 is 1.15 bits per heavy atom. The van der Waals surface area contributed by atoms with E-state index in [1.54, 1.807) is 0 Å². The first-order valence-electron chi connectivity index (χ1n) is 6.44. The summed E-state index contributed by atoms with van der Waals surface area (Å²) >= 11 is 0. The minimum absolute atomic E-state index is 0.679. The van der Waals surface area contributed by atoms with Gasteiger partial charge in [-0.3, -0.25) is 0 Å². The lowest BCUT2D eigenvalue weighted by atomic mass is 10.1. The van der Waals surface area contributed by atoms with Crippen LogP contribution in [0.3, 0.4) is 0 Å². The number of para-hydroxylation sites is 2. The normalized spacial score (nSPS) is 10.4. The lowest BCUT2D eigenvalue weighted by molar-refractivity contribution is 0.832. The molecular formula is C16H14N4. The van der Waals surface area contributed by atoms with Crippen LogP contribution < -0.4 is 5.32 Å². The minimum atomic E-state index is 0.679. The van der Waals surface area contributed by atoms with Crippen LogP contribution in [0.15, 0.2) is 48.5 Å². The van der Waals surface area contributed by atoms with Gasteiger partial charge in [-0.15, -0.1) is 0 Å². The van der Waals surface area contributed by atoms with Crippen LogP contribution >= 0.6 is 0 Å². The molecule has 4 heteroatoms. The summed E-state index contributed by atoms with van der Waals surface area (Å²) in [7, 11) is 1.87. The second-order valence-electron chi connectivity index (χ2n) is 4.57. The van der Waals surface area contributed by atoms with E-state index < -0.39 is 0 Å². The molecule has 4 nitrogen and oxygen atoms in total. The largest absolute Gasteiger partial charge is 0.359 e. The quantitative estimate of drug-likeness (QED) is 0.789. The number of hydrogen-bond acceptors (Lipinski definition) is 3. The van der Waals surface area contributed by atoms with Gasteiger partial charge in [0.15, 0.2) is 0 Å². The third-order valence-electron chi connectivity index (χ3n) is 3.30. The van der Waals surface area contributed by atoms with Crippen molar-refractivity contribution in [2.24, 2.45) is 0 Å². The number of anilines is 1. The van der Waals surface area contributed by atoms with Crippen LogP contribution in [0.1, 0.15) is 11.1 Å². The van der Waals surface area contributed by atoms with Gasteiger partial charge in [0.05, 0.1) is 29.2 Å². The maximum absolute atomic E-state index is 8.83. The number of imidazole rings is 1. The van der Waals surface area contributed by atoms with Crippen molar-refractivity contribution in [1.29, 1.82) is 5.26 Å². The monoisotopic (exact) mass is 262 g/mol. The van der Waals surface area contributed by atoms with Crippen molar-refractivity contribution in [3.05, 3.63) is 59.7 Å². The summed E-state index contributed by atoms with van der Waals surface area (Å²) < 4.78 is 2.14. The average molecular weight is 262 g/mol. The van der Waals surface area contributed by atoms with Gasteiger partial charge in [-0.25, -0.2) is 4.98 Å². The maximum atomic E-state index is 8.83.